The minimum atomic E-state index is 0.0281. The molecule has 0 saturated carbocycles. The molecule has 2 heterocycles. The molecule has 0 radical (unpaired) electrons. The van der Waals surface area contributed by atoms with Gasteiger partial charge in [0, 0.05) is 50.2 Å². The van der Waals surface area contributed by atoms with Crippen LogP contribution >= 0.6 is 0 Å². The Morgan fingerprint density at radius 2 is 2.18 bits per heavy atom. The number of aryl methyl sites for hydroxylation is 3. The first kappa shape index (κ1) is 11.9. The number of aromatic nitrogens is 4. The monoisotopic (exact) mass is 233 g/mol. The summed E-state index contributed by atoms with van der Waals surface area (Å²) in [7, 11) is 3.94. The second kappa shape index (κ2) is 4.71. The van der Waals surface area contributed by atoms with Gasteiger partial charge in [0.15, 0.2) is 0 Å². The third kappa shape index (κ3) is 2.39. The summed E-state index contributed by atoms with van der Waals surface area (Å²) in [5, 5.41) is 4.22. The van der Waals surface area contributed by atoms with Crippen molar-refractivity contribution in [3.63, 3.8) is 0 Å². The maximum Gasteiger partial charge on any atom is 0.108 e. The first-order valence-corrected chi connectivity index (χ1v) is 5.80. The predicted octanol–water partition coefficient (Wildman–Crippen LogP) is 1.09. The van der Waals surface area contributed by atoms with Crippen LogP contribution in [0.2, 0.25) is 0 Å². The van der Waals surface area contributed by atoms with E-state index in [-0.39, 0.29) is 6.04 Å². The Labute approximate surface area is 101 Å². The van der Waals surface area contributed by atoms with E-state index in [1.54, 1.807) is 0 Å². The molecule has 5 nitrogen and oxygen atoms in total. The second-order valence-corrected chi connectivity index (χ2v) is 4.41. The standard InChI is InChI=1S/C12H19N5/c1-9-10(8-15-17(9)3)11(13)4-5-12-14-6-7-16(12)2/h6-8,11H,4-5,13H2,1-3H3. The Hall–Kier alpha value is -1.62. The minimum absolute atomic E-state index is 0.0281. The summed E-state index contributed by atoms with van der Waals surface area (Å²) in [4.78, 5) is 4.30. The zero-order valence-corrected chi connectivity index (χ0v) is 10.6. The van der Waals surface area contributed by atoms with Gasteiger partial charge in [-0.15, -0.1) is 0 Å². The SMILES string of the molecule is Cc1c(C(N)CCc2nccn2C)cnn1C. The molecule has 0 aromatic carbocycles. The van der Waals surface area contributed by atoms with Crippen LogP contribution in [-0.4, -0.2) is 19.3 Å². The van der Waals surface area contributed by atoms with Crippen molar-refractivity contribution in [3.8, 4) is 0 Å². The second-order valence-electron chi connectivity index (χ2n) is 4.41. The summed E-state index contributed by atoms with van der Waals surface area (Å²) in [6.07, 6.45) is 7.40. The van der Waals surface area contributed by atoms with Crippen molar-refractivity contribution in [2.24, 2.45) is 19.8 Å². The fourth-order valence-corrected chi connectivity index (χ4v) is 1.96. The average molecular weight is 233 g/mol. The summed E-state index contributed by atoms with van der Waals surface area (Å²) in [6, 6.07) is 0.0281. The number of nitrogens with two attached hydrogens (primary N) is 1. The summed E-state index contributed by atoms with van der Waals surface area (Å²) in [5.41, 5.74) is 8.45. The lowest BCUT2D eigenvalue weighted by Crippen LogP contribution is -2.13. The normalized spacial score (nSPS) is 12.9. The molecular weight excluding hydrogens is 214 g/mol. The van der Waals surface area contributed by atoms with Crippen molar-refractivity contribution in [1.29, 1.82) is 0 Å². The molecule has 1 unspecified atom stereocenters. The van der Waals surface area contributed by atoms with Crippen LogP contribution in [0.3, 0.4) is 0 Å². The fourth-order valence-electron chi connectivity index (χ4n) is 1.96. The molecule has 17 heavy (non-hydrogen) atoms. The van der Waals surface area contributed by atoms with Crippen LogP contribution in [-0.2, 0) is 20.5 Å². The highest BCUT2D eigenvalue weighted by molar-refractivity contribution is 5.20. The van der Waals surface area contributed by atoms with Gasteiger partial charge < -0.3 is 10.3 Å². The van der Waals surface area contributed by atoms with Crippen LogP contribution in [0.4, 0.5) is 0 Å². The molecule has 92 valence electrons. The first-order chi connectivity index (χ1) is 8.09. The molecule has 0 aliphatic carbocycles. The van der Waals surface area contributed by atoms with Crippen molar-refractivity contribution < 1.29 is 0 Å². The average Bonchev–Trinajstić information content (AvgIpc) is 2.84. The lowest BCUT2D eigenvalue weighted by atomic mass is 10.0. The van der Waals surface area contributed by atoms with E-state index in [4.69, 9.17) is 5.73 Å². The van der Waals surface area contributed by atoms with Crippen molar-refractivity contribution in [2.75, 3.05) is 0 Å². The van der Waals surface area contributed by atoms with Crippen LogP contribution < -0.4 is 5.73 Å². The van der Waals surface area contributed by atoms with E-state index in [0.29, 0.717) is 0 Å². The molecular formula is C12H19N5. The molecule has 0 aliphatic rings. The Balaban J connectivity index is 2.00. The molecule has 0 spiro atoms. The quantitative estimate of drug-likeness (QED) is 0.860. The van der Waals surface area contributed by atoms with Crippen LogP contribution in [0, 0.1) is 6.92 Å². The highest BCUT2D eigenvalue weighted by Gasteiger charge is 2.13. The summed E-state index contributed by atoms with van der Waals surface area (Å²) >= 11 is 0. The first-order valence-electron chi connectivity index (χ1n) is 5.80. The lowest BCUT2D eigenvalue weighted by molar-refractivity contribution is 0.615. The molecule has 2 aromatic heterocycles. The van der Waals surface area contributed by atoms with Crippen molar-refractivity contribution in [2.45, 2.75) is 25.8 Å². The van der Waals surface area contributed by atoms with Gasteiger partial charge in [0.05, 0.1) is 6.20 Å². The van der Waals surface area contributed by atoms with E-state index >= 15 is 0 Å². The molecule has 0 aliphatic heterocycles. The maximum atomic E-state index is 6.19. The third-order valence-corrected chi connectivity index (χ3v) is 3.27. The van der Waals surface area contributed by atoms with E-state index in [2.05, 4.69) is 10.1 Å². The fraction of sp³-hybridized carbons (Fsp3) is 0.500. The third-order valence-electron chi connectivity index (χ3n) is 3.27. The van der Waals surface area contributed by atoms with Crippen LogP contribution in [0.15, 0.2) is 18.6 Å². The maximum absolute atomic E-state index is 6.19. The zero-order chi connectivity index (χ0) is 12.4. The van der Waals surface area contributed by atoms with E-state index in [9.17, 15) is 0 Å². The topological polar surface area (TPSA) is 61.7 Å². The number of nitrogens with zero attached hydrogens (tertiary/aromatic N) is 4. The van der Waals surface area contributed by atoms with Gasteiger partial charge in [-0.25, -0.2) is 4.98 Å². The smallest absolute Gasteiger partial charge is 0.108 e. The molecule has 2 aromatic rings. The van der Waals surface area contributed by atoms with Crippen molar-refractivity contribution in [3.05, 3.63) is 35.7 Å². The van der Waals surface area contributed by atoms with Crippen LogP contribution in [0.1, 0.15) is 29.5 Å². The molecule has 5 heteroatoms. The number of hydrogen-bond acceptors (Lipinski definition) is 3. The summed E-state index contributed by atoms with van der Waals surface area (Å²) < 4.78 is 3.89. The van der Waals surface area contributed by atoms with Gasteiger partial charge in [0.2, 0.25) is 0 Å². The molecule has 0 saturated heterocycles. The molecule has 0 bridgehead atoms. The zero-order valence-electron chi connectivity index (χ0n) is 10.6. The van der Waals surface area contributed by atoms with E-state index in [0.717, 1.165) is 29.9 Å². The Morgan fingerprint density at radius 1 is 1.41 bits per heavy atom. The van der Waals surface area contributed by atoms with E-state index in [1.807, 2.05) is 48.9 Å². The van der Waals surface area contributed by atoms with Gasteiger partial charge >= 0.3 is 0 Å². The molecule has 0 amide bonds. The molecule has 2 N–H and O–H groups in total. The van der Waals surface area contributed by atoms with Gasteiger partial charge in [-0.3, -0.25) is 4.68 Å². The van der Waals surface area contributed by atoms with Gasteiger partial charge in [-0.05, 0) is 13.3 Å². The number of imidazole rings is 1. The summed E-state index contributed by atoms with van der Waals surface area (Å²) in [6.45, 7) is 2.04. The number of rotatable bonds is 4. The molecule has 0 fully saturated rings. The van der Waals surface area contributed by atoms with E-state index < -0.39 is 0 Å². The highest BCUT2D eigenvalue weighted by Crippen LogP contribution is 2.18. The minimum Gasteiger partial charge on any atom is -0.338 e. The predicted molar refractivity (Wildman–Crippen MR) is 66.4 cm³/mol. The number of hydrogen-bond donors (Lipinski definition) is 1. The van der Waals surface area contributed by atoms with Crippen LogP contribution in [0.5, 0.6) is 0 Å². The molecule has 1 atom stereocenters. The van der Waals surface area contributed by atoms with E-state index in [1.165, 1.54) is 0 Å². The van der Waals surface area contributed by atoms with Crippen molar-refractivity contribution in [1.82, 2.24) is 19.3 Å². The van der Waals surface area contributed by atoms with Crippen molar-refractivity contribution >= 4 is 0 Å². The highest BCUT2D eigenvalue weighted by atomic mass is 15.3. The van der Waals surface area contributed by atoms with Gasteiger partial charge in [-0.2, -0.15) is 5.10 Å². The van der Waals surface area contributed by atoms with Gasteiger partial charge in [0.1, 0.15) is 5.82 Å². The largest absolute Gasteiger partial charge is 0.338 e. The Bertz CT molecular complexity index is 497. The Kier molecular flexibility index (Phi) is 3.28. The van der Waals surface area contributed by atoms with Crippen LogP contribution in [0.25, 0.3) is 0 Å². The van der Waals surface area contributed by atoms with Gasteiger partial charge in [0.25, 0.3) is 0 Å². The lowest BCUT2D eigenvalue weighted by Gasteiger charge is -2.11. The molecule has 2 rings (SSSR count). The Morgan fingerprint density at radius 3 is 2.71 bits per heavy atom. The van der Waals surface area contributed by atoms with Gasteiger partial charge in [-0.1, -0.05) is 0 Å². The summed E-state index contributed by atoms with van der Waals surface area (Å²) in [5.74, 6) is 1.07.